The van der Waals surface area contributed by atoms with Crippen molar-refractivity contribution in [3.05, 3.63) is 59.2 Å². The van der Waals surface area contributed by atoms with Gasteiger partial charge in [-0.25, -0.2) is 8.78 Å². The summed E-state index contributed by atoms with van der Waals surface area (Å²) >= 11 is 0. The Hall–Kier alpha value is -2.76. The predicted molar refractivity (Wildman–Crippen MR) is 79.8 cm³/mol. The van der Waals surface area contributed by atoms with E-state index in [0.29, 0.717) is 16.9 Å². The van der Waals surface area contributed by atoms with Gasteiger partial charge in [-0.2, -0.15) is 0 Å². The molecule has 2 amide bonds. The molecule has 22 heavy (non-hydrogen) atoms. The van der Waals surface area contributed by atoms with E-state index in [4.69, 9.17) is 0 Å². The van der Waals surface area contributed by atoms with E-state index >= 15 is 0 Å². The number of halogens is 2. The molecule has 0 radical (unpaired) electrons. The fourth-order valence-electron chi connectivity index (χ4n) is 2.00. The van der Waals surface area contributed by atoms with Gasteiger partial charge in [0.05, 0.1) is 0 Å². The summed E-state index contributed by atoms with van der Waals surface area (Å²) in [6.07, 6.45) is 0. The number of hydrogen-bond acceptors (Lipinski definition) is 2. The normalized spacial score (nSPS) is 10.2. The van der Waals surface area contributed by atoms with E-state index in [1.807, 2.05) is 0 Å². The van der Waals surface area contributed by atoms with Gasteiger partial charge >= 0.3 is 0 Å². The Morgan fingerprint density at radius 3 is 1.95 bits per heavy atom. The van der Waals surface area contributed by atoms with Crippen LogP contribution in [0.2, 0.25) is 0 Å². The third-order valence-electron chi connectivity index (χ3n) is 3.08. The van der Waals surface area contributed by atoms with Crippen molar-refractivity contribution in [2.45, 2.75) is 13.8 Å². The SMILES string of the molecule is CC(=O)Nc1cccc(NC(=O)c2c(F)cccc2F)c1C. The highest BCUT2D eigenvalue weighted by Gasteiger charge is 2.18. The number of nitrogens with one attached hydrogen (secondary N) is 2. The van der Waals surface area contributed by atoms with Gasteiger partial charge in [-0.05, 0) is 36.8 Å². The van der Waals surface area contributed by atoms with Crippen molar-refractivity contribution in [1.82, 2.24) is 0 Å². The second-order valence-electron chi connectivity index (χ2n) is 4.71. The molecule has 2 aromatic rings. The molecule has 2 N–H and O–H groups in total. The number of amides is 2. The number of rotatable bonds is 3. The van der Waals surface area contributed by atoms with E-state index in [1.165, 1.54) is 13.0 Å². The number of anilines is 2. The van der Waals surface area contributed by atoms with Crippen LogP contribution in [0.4, 0.5) is 20.2 Å². The quantitative estimate of drug-likeness (QED) is 0.912. The largest absolute Gasteiger partial charge is 0.326 e. The van der Waals surface area contributed by atoms with Crippen molar-refractivity contribution >= 4 is 23.2 Å². The molecule has 0 aliphatic heterocycles. The van der Waals surface area contributed by atoms with E-state index < -0.39 is 23.1 Å². The summed E-state index contributed by atoms with van der Waals surface area (Å²) in [4.78, 5) is 23.2. The number of hydrogen-bond donors (Lipinski definition) is 2. The third kappa shape index (κ3) is 3.28. The lowest BCUT2D eigenvalue weighted by molar-refractivity contribution is -0.114. The lowest BCUT2D eigenvalue weighted by Crippen LogP contribution is -2.17. The molecule has 0 saturated carbocycles. The zero-order valence-corrected chi connectivity index (χ0v) is 12.0. The first-order valence-electron chi connectivity index (χ1n) is 6.52. The molecule has 114 valence electrons. The molecule has 0 atom stereocenters. The van der Waals surface area contributed by atoms with Crippen LogP contribution >= 0.6 is 0 Å². The topological polar surface area (TPSA) is 58.2 Å². The van der Waals surface area contributed by atoms with Gasteiger partial charge in [0, 0.05) is 18.3 Å². The molecule has 0 heterocycles. The van der Waals surface area contributed by atoms with E-state index in [1.54, 1.807) is 25.1 Å². The highest BCUT2D eigenvalue weighted by molar-refractivity contribution is 6.05. The van der Waals surface area contributed by atoms with Crippen molar-refractivity contribution in [3.63, 3.8) is 0 Å². The van der Waals surface area contributed by atoms with Crippen molar-refractivity contribution in [3.8, 4) is 0 Å². The van der Waals surface area contributed by atoms with Crippen LogP contribution in [-0.4, -0.2) is 11.8 Å². The van der Waals surface area contributed by atoms with Crippen LogP contribution < -0.4 is 10.6 Å². The first-order valence-corrected chi connectivity index (χ1v) is 6.52. The van der Waals surface area contributed by atoms with E-state index in [9.17, 15) is 18.4 Å². The molecule has 2 aromatic carbocycles. The Kier molecular flexibility index (Phi) is 4.50. The second kappa shape index (κ2) is 6.34. The smallest absolute Gasteiger partial charge is 0.261 e. The average Bonchev–Trinajstić information content (AvgIpc) is 2.42. The second-order valence-corrected chi connectivity index (χ2v) is 4.71. The molecule has 6 heteroatoms. The summed E-state index contributed by atoms with van der Waals surface area (Å²) in [5.74, 6) is -3.02. The van der Waals surface area contributed by atoms with Gasteiger partial charge in [-0.1, -0.05) is 12.1 Å². The minimum Gasteiger partial charge on any atom is -0.326 e. The Morgan fingerprint density at radius 1 is 0.909 bits per heavy atom. The summed E-state index contributed by atoms with van der Waals surface area (Å²) in [6.45, 7) is 3.04. The van der Waals surface area contributed by atoms with Crippen molar-refractivity contribution in [1.29, 1.82) is 0 Å². The Balaban J connectivity index is 2.31. The lowest BCUT2D eigenvalue weighted by Gasteiger charge is -2.13. The van der Waals surface area contributed by atoms with Gasteiger partial charge in [-0.15, -0.1) is 0 Å². The number of benzene rings is 2. The molecule has 0 spiro atoms. The maximum absolute atomic E-state index is 13.6. The Labute approximate surface area is 126 Å². The molecule has 0 aliphatic carbocycles. The molecule has 0 bridgehead atoms. The predicted octanol–water partition coefficient (Wildman–Crippen LogP) is 3.48. The molecule has 0 aromatic heterocycles. The molecular weight excluding hydrogens is 290 g/mol. The molecule has 4 nitrogen and oxygen atoms in total. The maximum Gasteiger partial charge on any atom is 0.261 e. The Bertz CT molecular complexity index is 725. The van der Waals surface area contributed by atoms with Crippen LogP contribution in [-0.2, 0) is 4.79 Å². The standard InChI is InChI=1S/C16H14F2N2O2/c1-9-13(19-10(2)21)7-4-8-14(9)20-16(22)15-11(17)5-3-6-12(15)18/h3-8H,1-2H3,(H,19,21)(H,20,22). The van der Waals surface area contributed by atoms with Crippen LogP contribution in [0.1, 0.15) is 22.8 Å². The monoisotopic (exact) mass is 304 g/mol. The highest BCUT2D eigenvalue weighted by Crippen LogP contribution is 2.24. The van der Waals surface area contributed by atoms with Gasteiger partial charge in [0.2, 0.25) is 5.91 Å². The summed E-state index contributed by atoms with van der Waals surface area (Å²) in [7, 11) is 0. The van der Waals surface area contributed by atoms with E-state index in [2.05, 4.69) is 10.6 Å². The summed E-state index contributed by atoms with van der Waals surface area (Å²) in [6, 6.07) is 8.07. The van der Waals surface area contributed by atoms with E-state index in [-0.39, 0.29) is 5.91 Å². The minimum absolute atomic E-state index is 0.258. The third-order valence-corrected chi connectivity index (χ3v) is 3.08. The van der Waals surface area contributed by atoms with Gasteiger partial charge in [-0.3, -0.25) is 9.59 Å². The maximum atomic E-state index is 13.6. The summed E-state index contributed by atoms with van der Waals surface area (Å²) < 4.78 is 27.2. The summed E-state index contributed by atoms with van der Waals surface area (Å²) in [5, 5.41) is 5.06. The fraction of sp³-hybridized carbons (Fsp3) is 0.125. The summed E-state index contributed by atoms with van der Waals surface area (Å²) in [5.41, 5.74) is 0.813. The van der Waals surface area contributed by atoms with Crippen LogP contribution in [0, 0.1) is 18.6 Å². The van der Waals surface area contributed by atoms with Gasteiger partial charge < -0.3 is 10.6 Å². The lowest BCUT2D eigenvalue weighted by atomic mass is 10.1. The van der Waals surface area contributed by atoms with Crippen LogP contribution in [0.25, 0.3) is 0 Å². The number of carbonyl (C=O) groups excluding carboxylic acids is 2. The van der Waals surface area contributed by atoms with Crippen molar-refractivity contribution in [2.75, 3.05) is 10.6 Å². The van der Waals surface area contributed by atoms with Gasteiger partial charge in [0.1, 0.15) is 17.2 Å². The molecule has 0 fully saturated rings. The van der Waals surface area contributed by atoms with E-state index in [0.717, 1.165) is 12.1 Å². The van der Waals surface area contributed by atoms with Crippen LogP contribution in [0.5, 0.6) is 0 Å². The number of carbonyl (C=O) groups is 2. The van der Waals surface area contributed by atoms with Gasteiger partial charge in [0.25, 0.3) is 5.91 Å². The average molecular weight is 304 g/mol. The van der Waals surface area contributed by atoms with Gasteiger partial charge in [0.15, 0.2) is 0 Å². The first kappa shape index (κ1) is 15.6. The molecule has 0 unspecified atom stereocenters. The fourth-order valence-corrected chi connectivity index (χ4v) is 2.00. The first-order chi connectivity index (χ1) is 10.4. The highest BCUT2D eigenvalue weighted by atomic mass is 19.1. The minimum atomic E-state index is -0.937. The zero-order chi connectivity index (χ0) is 16.3. The molecule has 2 rings (SSSR count). The molecule has 0 saturated heterocycles. The van der Waals surface area contributed by atoms with Crippen molar-refractivity contribution in [2.24, 2.45) is 0 Å². The van der Waals surface area contributed by atoms with Crippen LogP contribution in [0.15, 0.2) is 36.4 Å². The van der Waals surface area contributed by atoms with Crippen molar-refractivity contribution < 1.29 is 18.4 Å². The molecular formula is C16H14F2N2O2. The van der Waals surface area contributed by atoms with Crippen LogP contribution in [0.3, 0.4) is 0 Å². The molecule has 0 aliphatic rings. The Morgan fingerprint density at radius 2 is 1.41 bits per heavy atom. The zero-order valence-electron chi connectivity index (χ0n) is 12.0.